The van der Waals surface area contributed by atoms with Crippen molar-refractivity contribution < 1.29 is 9.64 Å². The third kappa shape index (κ3) is 5.80. The van der Waals surface area contributed by atoms with E-state index in [1.807, 2.05) is 0 Å². The Kier molecular flexibility index (Phi) is 6.61. The summed E-state index contributed by atoms with van der Waals surface area (Å²) in [6.07, 6.45) is 0. The van der Waals surface area contributed by atoms with Crippen LogP contribution in [-0.4, -0.2) is 31.4 Å². The topological polar surface area (TPSA) is 37.7 Å². The van der Waals surface area contributed by atoms with Gasteiger partial charge in [0.05, 0.1) is 13.2 Å². The second-order valence-electron chi connectivity index (χ2n) is 7.04. The normalized spacial score (nSPS) is 14.8. The van der Waals surface area contributed by atoms with E-state index in [4.69, 9.17) is 17.0 Å². The Balaban J connectivity index is 1.47. The van der Waals surface area contributed by atoms with Crippen molar-refractivity contribution in [1.82, 2.24) is 5.32 Å². The first-order valence-electron chi connectivity index (χ1n) is 9.21. The van der Waals surface area contributed by atoms with Crippen molar-refractivity contribution in [3.05, 3.63) is 64.7 Å². The van der Waals surface area contributed by atoms with E-state index in [1.165, 1.54) is 22.3 Å². The second kappa shape index (κ2) is 9.12. The van der Waals surface area contributed by atoms with Gasteiger partial charge < -0.3 is 20.3 Å². The molecule has 3 rings (SSSR count). The minimum atomic E-state index is 0.650. The standard InChI is InChI=1S/C21H27N3OS/c1-16-11-17(2)13-20(12-16)23-21(26)22-14-18-3-5-19(6-4-18)15-24-7-9-25-10-8-24/h3-6,11-13H,7-10,14-15H2,1-2H3,(H2,22,23,26)/p+1. The molecule has 0 aliphatic carbocycles. The maximum absolute atomic E-state index is 5.42. The second-order valence-corrected chi connectivity index (χ2v) is 7.45. The molecule has 0 amide bonds. The molecule has 0 spiro atoms. The number of nitrogens with one attached hydrogen (secondary N) is 3. The Labute approximate surface area is 161 Å². The molecule has 1 aliphatic rings. The summed E-state index contributed by atoms with van der Waals surface area (Å²) in [5.41, 5.74) is 6.10. The first-order valence-corrected chi connectivity index (χ1v) is 9.61. The van der Waals surface area contributed by atoms with Gasteiger partial charge in [-0.3, -0.25) is 0 Å². The summed E-state index contributed by atoms with van der Waals surface area (Å²) in [6, 6.07) is 15.2. The van der Waals surface area contributed by atoms with Gasteiger partial charge in [0.25, 0.3) is 0 Å². The lowest BCUT2D eigenvalue weighted by Gasteiger charge is -2.23. The molecule has 3 N–H and O–H groups in total. The van der Waals surface area contributed by atoms with E-state index < -0.39 is 0 Å². The molecular weight excluding hydrogens is 342 g/mol. The predicted octanol–water partition coefficient (Wildman–Crippen LogP) is 2.21. The summed E-state index contributed by atoms with van der Waals surface area (Å²) >= 11 is 5.42. The van der Waals surface area contributed by atoms with E-state index in [0.29, 0.717) is 5.11 Å². The molecule has 0 atom stereocenters. The van der Waals surface area contributed by atoms with E-state index in [9.17, 15) is 0 Å². The molecule has 0 bridgehead atoms. The van der Waals surface area contributed by atoms with E-state index in [2.05, 4.69) is 66.9 Å². The van der Waals surface area contributed by atoms with Crippen LogP contribution in [0.3, 0.4) is 0 Å². The first kappa shape index (κ1) is 18.8. The van der Waals surface area contributed by atoms with Crippen molar-refractivity contribution in [2.75, 3.05) is 31.6 Å². The highest BCUT2D eigenvalue weighted by molar-refractivity contribution is 7.80. The average molecular weight is 371 g/mol. The summed E-state index contributed by atoms with van der Waals surface area (Å²) in [6.45, 7) is 9.93. The largest absolute Gasteiger partial charge is 0.370 e. The molecule has 0 saturated carbocycles. The van der Waals surface area contributed by atoms with Crippen LogP contribution >= 0.6 is 12.2 Å². The van der Waals surface area contributed by atoms with Gasteiger partial charge in [-0.25, -0.2) is 0 Å². The summed E-state index contributed by atoms with van der Waals surface area (Å²) in [5, 5.41) is 7.20. The van der Waals surface area contributed by atoms with Crippen molar-refractivity contribution in [1.29, 1.82) is 0 Å². The first-order chi connectivity index (χ1) is 12.6. The molecule has 1 aliphatic heterocycles. The molecule has 5 heteroatoms. The highest BCUT2D eigenvalue weighted by Crippen LogP contribution is 2.13. The van der Waals surface area contributed by atoms with Gasteiger partial charge in [0.1, 0.15) is 19.6 Å². The summed E-state index contributed by atoms with van der Waals surface area (Å²) in [7, 11) is 0. The number of hydrogen-bond donors (Lipinski definition) is 3. The van der Waals surface area contributed by atoms with Gasteiger partial charge in [0.15, 0.2) is 5.11 Å². The molecule has 4 nitrogen and oxygen atoms in total. The van der Waals surface area contributed by atoms with Crippen molar-refractivity contribution in [2.24, 2.45) is 0 Å². The Morgan fingerprint density at radius 3 is 2.27 bits per heavy atom. The fraction of sp³-hybridized carbons (Fsp3) is 0.381. The van der Waals surface area contributed by atoms with Crippen molar-refractivity contribution in [2.45, 2.75) is 26.9 Å². The monoisotopic (exact) mass is 370 g/mol. The van der Waals surface area contributed by atoms with Crippen LogP contribution in [-0.2, 0) is 17.8 Å². The maximum Gasteiger partial charge on any atom is 0.171 e. The summed E-state index contributed by atoms with van der Waals surface area (Å²) in [4.78, 5) is 1.60. The Morgan fingerprint density at radius 1 is 1.00 bits per heavy atom. The molecule has 1 saturated heterocycles. The lowest BCUT2D eigenvalue weighted by atomic mass is 10.1. The molecule has 0 radical (unpaired) electrons. The van der Waals surface area contributed by atoms with E-state index >= 15 is 0 Å². The van der Waals surface area contributed by atoms with Crippen LogP contribution in [0.1, 0.15) is 22.3 Å². The molecule has 138 valence electrons. The minimum Gasteiger partial charge on any atom is -0.370 e. The van der Waals surface area contributed by atoms with E-state index in [0.717, 1.165) is 45.1 Å². The number of morpholine rings is 1. The highest BCUT2D eigenvalue weighted by Gasteiger charge is 2.13. The van der Waals surface area contributed by atoms with Crippen LogP contribution in [0.2, 0.25) is 0 Å². The smallest absolute Gasteiger partial charge is 0.171 e. The quantitative estimate of drug-likeness (QED) is 0.706. The van der Waals surface area contributed by atoms with Crippen molar-refractivity contribution in [3.63, 3.8) is 0 Å². The summed E-state index contributed by atoms with van der Waals surface area (Å²) in [5.74, 6) is 0. The SMILES string of the molecule is Cc1cc(C)cc(NC(=S)NCc2ccc(C[NH+]3CCOCC3)cc2)c1. The fourth-order valence-electron chi connectivity index (χ4n) is 3.30. The molecule has 0 unspecified atom stereocenters. The van der Waals surface area contributed by atoms with Gasteiger partial charge in [-0.05, 0) is 54.9 Å². The minimum absolute atomic E-state index is 0.650. The van der Waals surface area contributed by atoms with Crippen LogP contribution in [0.5, 0.6) is 0 Å². The molecule has 0 aromatic heterocycles. The average Bonchev–Trinajstić information content (AvgIpc) is 2.61. The zero-order valence-electron chi connectivity index (χ0n) is 15.6. The number of aryl methyl sites for hydroxylation is 2. The van der Waals surface area contributed by atoms with Gasteiger partial charge >= 0.3 is 0 Å². The van der Waals surface area contributed by atoms with Crippen LogP contribution < -0.4 is 15.5 Å². The summed E-state index contributed by atoms with van der Waals surface area (Å²) < 4.78 is 5.42. The fourth-order valence-corrected chi connectivity index (χ4v) is 3.49. The van der Waals surface area contributed by atoms with Crippen LogP contribution in [0.4, 0.5) is 5.69 Å². The Bertz CT molecular complexity index is 719. The number of ether oxygens (including phenoxy) is 1. The van der Waals surface area contributed by atoms with Crippen LogP contribution in [0.25, 0.3) is 0 Å². The predicted molar refractivity (Wildman–Crippen MR) is 111 cm³/mol. The molecule has 2 aromatic carbocycles. The molecule has 1 fully saturated rings. The maximum atomic E-state index is 5.42. The Hall–Kier alpha value is -1.95. The van der Waals surface area contributed by atoms with Gasteiger partial charge in [-0.1, -0.05) is 30.3 Å². The highest BCUT2D eigenvalue weighted by atomic mass is 32.1. The van der Waals surface area contributed by atoms with E-state index in [1.54, 1.807) is 4.90 Å². The lowest BCUT2D eigenvalue weighted by Crippen LogP contribution is -3.12. The van der Waals surface area contributed by atoms with E-state index in [-0.39, 0.29) is 0 Å². The molecule has 26 heavy (non-hydrogen) atoms. The lowest BCUT2D eigenvalue weighted by molar-refractivity contribution is -0.921. The van der Waals surface area contributed by atoms with Gasteiger partial charge in [-0.2, -0.15) is 0 Å². The molecular formula is C21H28N3OS+. The van der Waals surface area contributed by atoms with Gasteiger partial charge in [-0.15, -0.1) is 0 Å². The van der Waals surface area contributed by atoms with Crippen molar-refractivity contribution >= 4 is 23.0 Å². The third-order valence-electron chi connectivity index (χ3n) is 4.61. The van der Waals surface area contributed by atoms with Crippen LogP contribution in [0, 0.1) is 13.8 Å². The number of anilines is 1. The number of thiocarbonyl (C=S) groups is 1. The number of rotatable bonds is 5. The zero-order chi connectivity index (χ0) is 18.4. The Morgan fingerprint density at radius 2 is 1.62 bits per heavy atom. The van der Waals surface area contributed by atoms with Crippen LogP contribution in [0.15, 0.2) is 42.5 Å². The molecule has 2 aromatic rings. The number of hydrogen-bond acceptors (Lipinski definition) is 2. The zero-order valence-corrected chi connectivity index (χ0v) is 16.4. The van der Waals surface area contributed by atoms with Gasteiger partial charge in [0, 0.05) is 17.8 Å². The number of benzene rings is 2. The van der Waals surface area contributed by atoms with Gasteiger partial charge in [0.2, 0.25) is 0 Å². The van der Waals surface area contributed by atoms with Crippen molar-refractivity contribution in [3.8, 4) is 0 Å². The molecule has 1 heterocycles. The third-order valence-corrected chi connectivity index (χ3v) is 4.86. The number of quaternary nitrogens is 1.